The van der Waals surface area contributed by atoms with E-state index in [0.29, 0.717) is 24.4 Å². The summed E-state index contributed by atoms with van der Waals surface area (Å²) < 4.78 is 39.8. The first-order valence-corrected chi connectivity index (χ1v) is 6.02. The third-order valence-corrected chi connectivity index (χ3v) is 2.77. The highest BCUT2D eigenvalue weighted by Gasteiger charge is 2.36. The number of nitrogens with zero attached hydrogens (tertiary/aromatic N) is 2. The molecule has 0 aliphatic rings. The zero-order valence-corrected chi connectivity index (χ0v) is 10.3. The van der Waals surface area contributed by atoms with Gasteiger partial charge in [-0.15, -0.1) is 0 Å². The Morgan fingerprint density at radius 1 is 1.56 bits per heavy atom. The van der Waals surface area contributed by atoms with E-state index in [1.54, 1.807) is 0 Å². The van der Waals surface area contributed by atoms with Gasteiger partial charge in [-0.25, -0.2) is 4.79 Å². The molecule has 1 aromatic rings. The maximum atomic E-state index is 12.2. The maximum Gasteiger partial charge on any atom is 0.452 e. The fraction of sp³-hybridized carbons (Fsp3) is 0.667. The summed E-state index contributed by atoms with van der Waals surface area (Å²) in [5.41, 5.74) is 0. The van der Waals surface area contributed by atoms with Crippen molar-refractivity contribution in [2.45, 2.75) is 38.4 Å². The van der Waals surface area contributed by atoms with Gasteiger partial charge in [0, 0.05) is 11.5 Å². The van der Waals surface area contributed by atoms with E-state index in [0.717, 1.165) is 6.42 Å². The van der Waals surface area contributed by atoms with E-state index in [2.05, 4.69) is 14.7 Å². The Morgan fingerprint density at radius 3 is 2.67 bits per heavy atom. The molecule has 1 heterocycles. The standard InChI is InChI=1S/C9H12F3N3O2S/c1-2-3-4-5(6(16)17)13-8-14-7(15-18-8)9(10,11)12/h5H,2-4H2,1H3,(H,16,17)(H,13,14,15). The molecule has 0 spiro atoms. The van der Waals surface area contributed by atoms with Gasteiger partial charge in [-0.3, -0.25) is 0 Å². The third-order valence-electron chi connectivity index (χ3n) is 2.12. The molecule has 102 valence electrons. The Kier molecular flexibility index (Phi) is 4.88. The number of unbranched alkanes of at least 4 members (excludes halogenated alkanes) is 1. The fourth-order valence-corrected chi connectivity index (χ4v) is 1.85. The molecule has 0 saturated carbocycles. The number of rotatable bonds is 6. The van der Waals surface area contributed by atoms with Crippen molar-refractivity contribution >= 4 is 22.6 Å². The van der Waals surface area contributed by atoms with E-state index in [1.807, 2.05) is 6.92 Å². The second kappa shape index (κ2) is 5.98. The minimum absolute atomic E-state index is 0.133. The van der Waals surface area contributed by atoms with Gasteiger partial charge in [-0.2, -0.15) is 22.5 Å². The number of carbonyl (C=O) groups is 1. The van der Waals surface area contributed by atoms with Crippen LogP contribution in [0, 0.1) is 0 Å². The number of hydrogen-bond donors (Lipinski definition) is 2. The predicted octanol–water partition coefficient (Wildman–Crippen LogP) is 2.61. The van der Waals surface area contributed by atoms with Crippen molar-refractivity contribution in [2.75, 3.05) is 5.32 Å². The van der Waals surface area contributed by atoms with E-state index >= 15 is 0 Å². The molecule has 1 unspecified atom stereocenters. The molecule has 0 fully saturated rings. The number of nitrogens with one attached hydrogen (secondary N) is 1. The topological polar surface area (TPSA) is 75.1 Å². The van der Waals surface area contributed by atoms with Crippen LogP contribution in [0.2, 0.25) is 0 Å². The van der Waals surface area contributed by atoms with Crippen LogP contribution in [0.25, 0.3) is 0 Å². The number of aromatic nitrogens is 2. The van der Waals surface area contributed by atoms with Crippen molar-refractivity contribution in [3.05, 3.63) is 5.82 Å². The van der Waals surface area contributed by atoms with Gasteiger partial charge in [0.15, 0.2) is 0 Å². The molecule has 9 heteroatoms. The zero-order chi connectivity index (χ0) is 13.8. The molecule has 0 radical (unpaired) electrons. The molecule has 18 heavy (non-hydrogen) atoms. The van der Waals surface area contributed by atoms with Crippen molar-refractivity contribution in [1.82, 2.24) is 9.36 Å². The number of aliphatic carboxylic acids is 1. The molecule has 1 aromatic heterocycles. The number of hydrogen-bond acceptors (Lipinski definition) is 5. The molecule has 1 rings (SSSR count). The lowest BCUT2D eigenvalue weighted by atomic mass is 10.1. The lowest BCUT2D eigenvalue weighted by molar-refractivity contribution is -0.144. The van der Waals surface area contributed by atoms with Gasteiger partial charge < -0.3 is 10.4 Å². The minimum Gasteiger partial charge on any atom is -0.480 e. The van der Waals surface area contributed by atoms with E-state index in [9.17, 15) is 18.0 Å². The van der Waals surface area contributed by atoms with Crippen LogP contribution in [-0.4, -0.2) is 26.5 Å². The minimum atomic E-state index is -4.61. The van der Waals surface area contributed by atoms with E-state index in [-0.39, 0.29) is 5.13 Å². The number of alkyl halides is 3. The van der Waals surface area contributed by atoms with Crippen LogP contribution >= 0.6 is 11.5 Å². The second-order valence-electron chi connectivity index (χ2n) is 3.60. The molecule has 0 aromatic carbocycles. The Hall–Kier alpha value is -1.38. The van der Waals surface area contributed by atoms with Crippen molar-refractivity contribution in [1.29, 1.82) is 0 Å². The van der Waals surface area contributed by atoms with Gasteiger partial charge in [-0.1, -0.05) is 19.8 Å². The fourth-order valence-electron chi connectivity index (χ4n) is 1.21. The van der Waals surface area contributed by atoms with Gasteiger partial charge in [0.05, 0.1) is 0 Å². The summed E-state index contributed by atoms with van der Waals surface area (Å²) in [6.45, 7) is 1.89. The van der Waals surface area contributed by atoms with Crippen molar-refractivity contribution in [3.8, 4) is 0 Å². The summed E-state index contributed by atoms with van der Waals surface area (Å²) in [5, 5.41) is 11.2. The first-order chi connectivity index (χ1) is 8.34. The Balaban J connectivity index is 2.69. The maximum absolute atomic E-state index is 12.2. The van der Waals surface area contributed by atoms with Crippen LogP contribution in [-0.2, 0) is 11.0 Å². The quantitative estimate of drug-likeness (QED) is 0.839. The largest absolute Gasteiger partial charge is 0.480 e. The van der Waals surface area contributed by atoms with Crippen molar-refractivity contribution in [3.63, 3.8) is 0 Å². The molecule has 1 atom stereocenters. The highest BCUT2D eigenvalue weighted by Crippen LogP contribution is 2.29. The summed E-state index contributed by atoms with van der Waals surface area (Å²) in [7, 11) is 0. The molecule has 0 saturated heterocycles. The molecule has 2 N–H and O–H groups in total. The van der Waals surface area contributed by atoms with Gasteiger partial charge in [0.1, 0.15) is 6.04 Å². The second-order valence-corrected chi connectivity index (χ2v) is 4.35. The Bertz CT molecular complexity index is 408. The number of carboxylic acids is 1. The molecular weight excluding hydrogens is 271 g/mol. The molecule has 0 aliphatic heterocycles. The normalized spacial score (nSPS) is 13.3. The monoisotopic (exact) mass is 283 g/mol. The first-order valence-electron chi connectivity index (χ1n) is 5.24. The van der Waals surface area contributed by atoms with E-state index in [4.69, 9.17) is 5.11 Å². The SMILES string of the molecule is CCCCC(Nc1nc(C(F)(F)F)ns1)C(=O)O. The summed E-state index contributed by atoms with van der Waals surface area (Å²) in [5.74, 6) is -2.37. The smallest absolute Gasteiger partial charge is 0.452 e. The van der Waals surface area contributed by atoms with Gasteiger partial charge in [0.2, 0.25) is 11.0 Å². The Labute approximate surface area is 105 Å². The highest BCUT2D eigenvalue weighted by atomic mass is 32.1. The number of anilines is 1. The van der Waals surface area contributed by atoms with Gasteiger partial charge in [0.25, 0.3) is 0 Å². The van der Waals surface area contributed by atoms with Crippen LogP contribution in [0.3, 0.4) is 0 Å². The highest BCUT2D eigenvalue weighted by molar-refractivity contribution is 7.09. The predicted molar refractivity (Wildman–Crippen MR) is 59.5 cm³/mol. The Morgan fingerprint density at radius 2 is 2.22 bits per heavy atom. The summed E-state index contributed by atoms with van der Waals surface area (Å²) in [4.78, 5) is 14.1. The van der Waals surface area contributed by atoms with Crippen LogP contribution in [0.5, 0.6) is 0 Å². The van der Waals surface area contributed by atoms with Gasteiger partial charge in [-0.05, 0) is 6.42 Å². The zero-order valence-electron chi connectivity index (χ0n) is 9.49. The molecular formula is C9H12F3N3O2S. The average Bonchev–Trinajstić information content (AvgIpc) is 2.71. The molecule has 5 nitrogen and oxygen atoms in total. The summed E-state index contributed by atoms with van der Waals surface area (Å²) >= 11 is 0.500. The summed E-state index contributed by atoms with van der Waals surface area (Å²) in [6, 6.07) is -0.945. The van der Waals surface area contributed by atoms with Crippen LogP contribution in [0.4, 0.5) is 18.3 Å². The third kappa shape index (κ3) is 4.13. The van der Waals surface area contributed by atoms with Crippen LogP contribution in [0.1, 0.15) is 32.0 Å². The van der Waals surface area contributed by atoms with Crippen LogP contribution < -0.4 is 5.32 Å². The van der Waals surface area contributed by atoms with Gasteiger partial charge >= 0.3 is 12.1 Å². The lowest BCUT2D eigenvalue weighted by Crippen LogP contribution is -2.29. The number of carboxylic acid groups (broad SMARTS) is 1. The van der Waals surface area contributed by atoms with Crippen molar-refractivity contribution < 1.29 is 23.1 Å². The number of halogens is 3. The lowest BCUT2D eigenvalue weighted by Gasteiger charge is -2.12. The first kappa shape index (κ1) is 14.7. The molecule has 0 aliphatic carbocycles. The van der Waals surface area contributed by atoms with Crippen LogP contribution in [0.15, 0.2) is 0 Å². The van der Waals surface area contributed by atoms with E-state index < -0.39 is 24.0 Å². The van der Waals surface area contributed by atoms with Crippen molar-refractivity contribution in [2.24, 2.45) is 0 Å². The molecule has 0 bridgehead atoms. The summed E-state index contributed by atoms with van der Waals surface area (Å²) in [6.07, 6.45) is -2.82. The molecule has 0 amide bonds. The van der Waals surface area contributed by atoms with E-state index in [1.165, 1.54) is 0 Å². The average molecular weight is 283 g/mol.